The first-order chi connectivity index (χ1) is 9.69. The standard InChI is InChI=1S/C13H19N5OS.HI/c1-4-14-13(15-7-12-16-10(2)19-17-12)18(3)8-11-5-6-20-9-11;/h5-6,9H,4,7-8H2,1-3H3,(H,14,15);1H. The number of aryl methyl sites for hydroxylation is 1. The summed E-state index contributed by atoms with van der Waals surface area (Å²) in [5, 5.41) is 11.3. The highest BCUT2D eigenvalue weighted by Crippen LogP contribution is 2.08. The van der Waals surface area contributed by atoms with Crippen molar-refractivity contribution >= 4 is 41.3 Å². The van der Waals surface area contributed by atoms with Crippen molar-refractivity contribution in [2.75, 3.05) is 13.6 Å². The fraction of sp³-hybridized carbons (Fsp3) is 0.462. The molecule has 116 valence electrons. The van der Waals surface area contributed by atoms with Gasteiger partial charge < -0.3 is 14.7 Å². The third kappa shape index (κ3) is 5.62. The van der Waals surface area contributed by atoms with Crippen LogP contribution in [-0.2, 0) is 13.1 Å². The summed E-state index contributed by atoms with van der Waals surface area (Å²) in [5.74, 6) is 2.00. The van der Waals surface area contributed by atoms with Gasteiger partial charge in [-0.05, 0) is 29.3 Å². The molecular formula is C13H20IN5OS. The number of aromatic nitrogens is 2. The number of guanidine groups is 1. The number of nitrogens with one attached hydrogen (secondary N) is 1. The second-order valence-electron chi connectivity index (χ2n) is 4.39. The fourth-order valence-corrected chi connectivity index (χ4v) is 2.41. The Hall–Kier alpha value is -1.16. The molecule has 8 heteroatoms. The van der Waals surface area contributed by atoms with E-state index in [-0.39, 0.29) is 24.0 Å². The van der Waals surface area contributed by atoms with E-state index >= 15 is 0 Å². The molecule has 2 heterocycles. The lowest BCUT2D eigenvalue weighted by atomic mass is 10.3. The summed E-state index contributed by atoms with van der Waals surface area (Å²) in [6, 6.07) is 2.12. The number of halogens is 1. The fourth-order valence-electron chi connectivity index (χ4n) is 1.75. The molecule has 0 spiro atoms. The maximum absolute atomic E-state index is 4.94. The Morgan fingerprint density at radius 3 is 2.90 bits per heavy atom. The molecule has 1 N–H and O–H groups in total. The molecule has 0 aliphatic carbocycles. The normalized spacial score (nSPS) is 11.1. The number of hydrogen-bond donors (Lipinski definition) is 1. The highest BCUT2D eigenvalue weighted by atomic mass is 127. The van der Waals surface area contributed by atoms with Gasteiger partial charge >= 0.3 is 0 Å². The van der Waals surface area contributed by atoms with Gasteiger partial charge in [-0.2, -0.15) is 16.3 Å². The van der Waals surface area contributed by atoms with Crippen LogP contribution in [0.1, 0.15) is 24.2 Å². The van der Waals surface area contributed by atoms with Crippen molar-refractivity contribution in [2.24, 2.45) is 4.99 Å². The molecule has 0 aliphatic heterocycles. The van der Waals surface area contributed by atoms with Crippen molar-refractivity contribution in [1.82, 2.24) is 20.4 Å². The zero-order chi connectivity index (χ0) is 14.4. The van der Waals surface area contributed by atoms with Crippen LogP contribution in [0.2, 0.25) is 0 Å². The molecular weight excluding hydrogens is 401 g/mol. The molecule has 0 amide bonds. The summed E-state index contributed by atoms with van der Waals surface area (Å²) in [5.41, 5.74) is 1.28. The smallest absolute Gasteiger partial charge is 0.223 e. The van der Waals surface area contributed by atoms with Crippen molar-refractivity contribution in [1.29, 1.82) is 0 Å². The minimum Gasteiger partial charge on any atom is -0.357 e. The second-order valence-corrected chi connectivity index (χ2v) is 5.17. The zero-order valence-electron chi connectivity index (χ0n) is 12.4. The van der Waals surface area contributed by atoms with Gasteiger partial charge in [-0.3, -0.25) is 0 Å². The monoisotopic (exact) mass is 421 g/mol. The second kappa shape index (κ2) is 8.98. The molecule has 0 fully saturated rings. The minimum absolute atomic E-state index is 0. The summed E-state index contributed by atoms with van der Waals surface area (Å²) in [6.45, 7) is 5.87. The molecule has 0 radical (unpaired) electrons. The first-order valence-electron chi connectivity index (χ1n) is 6.48. The van der Waals surface area contributed by atoms with E-state index in [1.807, 2.05) is 14.0 Å². The summed E-state index contributed by atoms with van der Waals surface area (Å²) < 4.78 is 4.94. The number of thiophene rings is 1. The zero-order valence-corrected chi connectivity index (χ0v) is 15.5. The maximum Gasteiger partial charge on any atom is 0.223 e. The Bertz CT molecular complexity index is 555. The van der Waals surface area contributed by atoms with E-state index in [9.17, 15) is 0 Å². The summed E-state index contributed by atoms with van der Waals surface area (Å²) in [6.07, 6.45) is 0. The highest BCUT2D eigenvalue weighted by molar-refractivity contribution is 14.0. The van der Waals surface area contributed by atoms with Gasteiger partial charge in [0.25, 0.3) is 0 Å². The lowest BCUT2D eigenvalue weighted by Gasteiger charge is -2.21. The van der Waals surface area contributed by atoms with Crippen LogP contribution < -0.4 is 5.32 Å². The van der Waals surface area contributed by atoms with Gasteiger partial charge in [0.1, 0.15) is 6.54 Å². The predicted molar refractivity (Wildman–Crippen MR) is 95.1 cm³/mol. The van der Waals surface area contributed by atoms with Crippen molar-refractivity contribution in [3.05, 3.63) is 34.1 Å². The number of hydrogen-bond acceptors (Lipinski definition) is 5. The third-order valence-corrected chi connectivity index (χ3v) is 3.37. The van der Waals surface area contributed by atoms with Crippen LogP contribution in [0.25, 0.3) is 0 Å². The van der Waals surface area contributed by atoms with Gasteiger partial charge in [0, 0.05) is 27.1 Å². The third-order valence-electron chi connectivity index (χ3n) is 2.64. The average Bonchev–Trinajstić information content (AvgIpc) is 3.06. The molecule has 0 aliphatic rings. The quantitative estimate of drug-likeness (QED) is 0.457. The SMILES string of the molecule is CCNC(=NCc1noc(C)n1)N(C)Cc1ccsc1.I. The molecule has 6 nitrogen and oxygen atoms in total. The van der Waals surface area contributed by atoms with Crippen molar-refractivity contribution in [2.45, 2.75) is 26.9 Å². The minimum atomic E-state index is 0. The average molecular weight is 421 g/mol. The van der Waals surface area contributed by atoms with Gasteiger partial charge in [-0.15, -0.1) is 24.0 Å². The van der Waals surface area contributed by atoms with Crippen molar-refractivity contribution in [3.8, 4) is 0 Å². The molecule has 2 aromatic rings. The Balaban J connectivity index is 0.00000220. The van der Waals surface area contributed by atoms with Crippen LogP contribution in [-0.4, -0.2) is 34.6 Å². The van der Waals surface area contributed by atoms with E-state index in [2.05, 4.69) is 42.2 Å². The van der Waals surface area contributed by atoms with Crippen molar-refractivity contribution < 1.29 is 4.52 Å². The molecule has 0 saturated carbocycles. The number of aliphatic imine (C=N–C) groups is 1. The molecule has 0 saturated heterocycles. The van der Waals surface area contributed by atoms with Crippen molar-refractivity contribution in [3.63, 3.8) is 0 Å². The molecule has 2 rings (SSSR count). The molecule has 0 bridgehead atoms. The van der Waals surface area contributed by atoms with E-state index < -0.39 is 0 Å². The van der Waals surface area contributed by atoms with E-state index in [1.54, 1.807) is 18.3 Å². The Kier molecular flexibility index (Phi) is 7.65. The molecule has 0 aromatic carbocycles. The van der Waals surface area contributed by atoms with Crippen LogP contribution in [0.4, 0.5) is 0 Å². The molecule has 2 aromatic heterocycles. The van der Waals surface area contributed by atoms with E-state index in [0.717, 1.165) is 19.0 Å². The number of rotatable bonds is 5. The predicted octanol–water partition coefficient (Wildman–Crippen LogP) is 2.66. The first-order valence-corrected chi connectivity index (χ1v) is 7.43. The lowest BCUT2D eigenvalue weighted by Crippen LogP contribution is -2.38. The van der Waals surface area contributed by atoms with Crippen LogP contribution in [0.15, 0.2) is 26.3 Å². The van der Waals surface area contributed by atoms with Crippen LogP contribution >= 0.6 is 35.3 Å². The van der Waals surface area contributed by atoms with E-state index in [1.165, 1.54) is 5.56 Å². The largest absolute Gasteiger partial charge is 0.357 e. The van der Waals surface area contributed by atoms with Gasteiger partial charge in [0.15, 0.2) is 11.8 Å². The van der Waals surface area contributed by atoms with Gasteiger partial charge in [0.05, 0.1) is 0 Å². The van der Waals surface area contributed by atoms with Gasteiger partial charge in [-0.25, -0.2) is 4.99 Å². The topological polar surface area (TPSA) is 66.5 Å². The Labute approximate surface area is 145 Å². The number of nitrogens with zero attached hydrogens (tertiary/aromatic N) is 4. The van der Waals surface area contributed by atoms with Crippen LogP contribution in [0, 0.1) is 6.92 Å². The Morgan fingerprint density at radius 1 is 1.52 bits per heavy atom. The Morgan fingerprint density at radius 2 is 2.33 bits per heavy atom. The summed E-state index contributed by atoms with van der Waals surface area (Å²) in [7, 11) is 2.01. The summed E-state index contributed by atoms with van der Waals surface area (Å²) >= 11 is 1.70. The van der Waals surface area contributed by atoms with Gasteiger partial charge in [0.2, 0.25) is 5.89 Å². The molecule has 0 unspecified atom stereocenters. The molecule has 21 heavy (non-hydrogen) atoms. The maximum atomic E-state index is 4.94. The summed E-state index contributed by atoms with van der Waals surface area (Å²) in [4.78, 5) is 10.8. The van der Waals surface area contributed by atoms with E-state index in [0.29, 0.717) is 18.3 Å². The highest BCUT2D eigenvalue weighted by Gasteiger charge is 2.08. The van der Waals surface area contributed by atoms with Crippen LogP contribution in [0.3, 0.4) is 0 Å². The molecule has 0 atom stereocenters. The lowest BCUT2D eigenvalue weighted by molar-refractivity contribution is 0.387. The van der Waals surface area contributed by atoms with E-state index in [4.69, 9.17) is 4.52 Å². The first kappa shape index (κ1) is 17.9. The van der Waals surface area contributed by atoms with Gasteiger partial charge in [-0.1, -0.05) is 5.16 Å². The van der Waals surface area contributed by atoms with Crippen LogP contribution in [0.5, 0.6) is 0 Å².